The molecule has 0 aliphatic carbocycles. The highest BCUT2D eigenvalue weighted by atomic mass is 16.5. The topological polar surface area (TPSA) is 63.8 Å². The maximum Gasteiger partial charge on any atom is 0.277 e. The molecular formula is C16H18N2O3. The van der Waals surface area contributed by atoms with Crippen molar-refractivity contribution in [3.8, 4) is 5.75 Å². The van der Waals surface area contributed by atoms with E-state index in [0.717, 1.165) is 11.1 Å². The fourth-order valence-electron chi connectivity index (χ4n) is 1.88. The number of furan rings is 1. The van der Waals surface area contributed by atoms with Crippen LogP contribution in [0.25, 0.3) is 0 Å². The maximum atomic E-state index is 11.7. The van der Waals surface area contributed by atoms with Crippen molar-refractivity contribution in [3.63, 3.8) is 0 Å². The van der Waals surface area contributed by atoms with Crippen LogP contribution in [0.1, 0.15) is 23.8 Å². The number of amides is 1. The minimum atomic E-state index is -0.319. The SMILES string of the molecule is C/C(=N\NC(=O)COc1cc(C)cc(C)c1)c1ccco1. The van der Waals surface area contributed by atoms with E-state index in [1.165, 1.54) is 0 Å². The van der Waals surface area contributed by atoms with E-state index in [9.17, 15) is 4.79 Å². The molecule has 0 fully saturated rings. The molecule has 5 nitrogen and oxygen atoms in total. The summed E-state index contributed by atoms with van der Waals surface area (Å²) in [5, 5.41) is 3.96. The summed E-state index contributed by atoms with van der Waals surface area (Å²) in [7, 11) is 0. The highest BCUT2D eigenvalue weighted by molar-refractivity contribution is 5.96. The molecule has 5 heteroatoms. The van der Waals surface area contributed by atoms with Gasteiger partial charge in [-0.25, -0.2) is 5.43 Å². The lowest BCUT2D eigenvalue weighted by Gasteiger charge is -2.07. The minimum absolute atomic E-state index is 0.0855. The van der Waals surface area contributed by atoms with Gasteiger partial charge in [-0.1, -0.05) is 6.07 Å². The number of aryl methyl sites for hydroxylation is 2. The Morgan fingerprint density at radius 1 is 1.29 bits per heavy atom. The zero-order valence-electron chi connectivity index (χ0n) is 12.3. The van der Waals surface area contributed by atoms with Gasteiger partial charge in [-0.15, -0.1) is 0 Å². The first kappa shape index (κ1) is 14.8. The van der Waals surface area contributed by atoms with Crippen LogP contribution >= 0.6 is 0 Å². The van der Waals surface area contributed by atoms with Gasteiger partial charge in [0.25, 0.3) is 5.91 Å². The van der Waals surface area contributed by atoms with Gasteiger partial charge in [-0.05, 0) is 56.2 Å². The number of hydrogen-bond donors (Lipinski definition) is 1. The van der Waals surface area contributed by atoms with Crippen molar-refractivity contribution >= 4 is 11.6 Å². The molecule has 0 atom stereocenters. The molecule has 2 aromatic rings. The van der Waals surface area contributed by atoms with Crippen LogP contribution in [-0.4, -0.2) is 18.2 Å². The molecule has 1 aromatic carbocycles. The third-order valence-corrected chi connectivity index (χ3v) is 2.79. The van der Waals surface area contributed by atoms with Gasteiger partial charge < -0.3 is 9.15 Å². The number of nitrogens with one attached hydrogen (secondary N) is 1. The zero-order valence-corrected chi connectivity index (χ0v) is 12.3. The van der Waals surface area contributed by atoms with Crippen LogP contribution in [0.2, 0.25) is 0 Å². The van der Waals surface area contributed by atoms with Crippen molar-refractivity contribution in [1.29, 1.82) is 0 Å². The van der Waals surface area contributed by atoms with Gasteiger partial charge in [-0.2, -0.15) is 5.10 Å². The molecule has 1 aromatic heterocycles. The summed E-state index contributed by atoms with van der Waals surface area (Å²) in [5.74, 6) is 0.972. The highest BCUT2D eigenvalue weighted by Gasteiger charge is 2.04. The van der Waals surface area contributed by atoms with E-state index in [1.807, 2.05) is 32.0 Å². The van der Waals surface area contributed by atoms with Gasteiger partial charge >= 0.3 is 0 Å². The number of ether oxygens (including phenoxy) is 1. The molecule has 0 unspecified atom stereocenters. The lowest BCUT2D eigenvalue weighted by atomic mass is 10.1. The Labute approximate surface area is 123 Å². The number of carbonyl (C=O) groups is 1. The first-order chi connectivity index (χ1) is 10.0. The van der Waals surface area contributed by atoms with Crippen LogP contribution in [0, 0.1) is 13.8 Å². The van der Waals surface area contributed by atoms with Crippen LogP contribution in [0.5, 0.6) is 5.75 Å². The van der Waals surface area contributed by atoms with Crippen LogP contribution in [0.3, 0.4) is 0 Å². The molecule has 21 heavy (non-hydrogen) atoms. The highest BCUT2D eigenvalue weighted by Crippen LogP contribution is 2.15. The summed E-state index contributed by atoms with van der Waals surface area (Å²) in [6, 6.07) is 9.36. The second kappa shape index (κ2) is 6.74. The van der Waals surface area contributed by atoms with Gasteiger partial charge in [0.2, 0.25) is 0 Å². The second-order valence-electron chi connectivity index (χ2n) is 4.82. The third-order valence-electron chi connectivity index (χ3n) is 2.79. The minimum Gasteiger partial charge on any atom is -0.484 e. The molecule has 0 aliphatic heterocycles. The van der Waals surface area contributed by atoms with Gasteiger partial charge in [0.1, 0.15) is 17.2 Å². The second-order valence-corrected chi connectivity index (χ2v) is 4.82. The lowest BCUT2D eigenvalue weighted by Crippen LogP contribution is -2.25. The number of hydrazone groups is 1. The van der Waals surface area contributed by atoms with Crippen molar-refractivity contribution in [2.75, 3.05) is 6.61 Å². The lowest BCUT2D eigenvalue weighted by molar-refractivity contribution is -0.123. The molecule has 2 rings (SSSR count). The maximum absolute atomic E-state index is 11.7. The smallest absolute Gasteiger partial charge is 0.277 e. The van der Waals surface area contributed by atoms with Crippen molar-refractivity contribution in [2.24, 2.45) is 5.10 Å². The predicted octanol–water partition coefficient (Wildman–Crippen LogP) is 2.82. The predicted molar refractivity (Wildman–Crippen MR) is 80.5 cm³/mol. The van der Waals surface area contributed by atoms with Crippen molar-refractivity contribution in [3.05, 3.63) is 53.5 Å². The Hall–Kier alpha value is -2.56. The number of nitrogens with zero attached hydrogens (tertiary/aromatic N) is 1. The number of rotatable bonds is 5. The monoisotopic (exact) mass is 286 g/mol. The standard InChI is InChI=1S/C16H18N2O3/c1-11-7-12(2)9-14(8-11)21-10-16(19)18-17-13(3)15-5-4-6-20-15/h4-9H,10H2,1-3H3,(H,18,19)/b17-13+. The van der Waals surface area contributed by atoms with Crippen LogP contribution < -0.4 is 10.2 Å². The quantitative estimate of drug-likeness (QED) is 0.679. The Bertz CT molecular complexity index is 625. The molecule has 0 saturated carbocycles. The summed E-state index contributed by atoms with van der Waals surface area (Å²) in [6.45, 7) is 5.63. The van der Waals surface area contributed by atoms with Crippen molar-refractivity contribution in [2.45, 2.75) is 20.8 Å². The van der Waals surface area contributed by atoms with E-state index >= 15 is 0 Å². The first-order valence-electron chi connectivity index (χ1n) is 6.62. The Morgan fingerprint density at radius 3 is 2.62 bits per heavy atom. The molecular weight excluding hydrogens is 268 g/mol. The molecule has 1 heterocycles. The summed E-state index contributed by atoms with van der Waals surface area (Å²) < 4.78 is 10.6. The van der Waals surface area contributed by atoms with Gasteiger partial charge in [0, 0.05) is 0 Å². The Balaban J connectivity index is 1.86. The van der Waals surface area contributed by atoms with E-state index in [4.69, 9.17) is 9.15 Å². The molecule has 1 amide bonds. The summed E-state index contributed by atoms with van der Waals surface area (Å²) in [6.07, 6.45) is 1.55. The Morgan fingerprint density at radius 2 is 2.00 bits per heavy atom. The zero-order chi connectivity index (χ0) is 15.2. The van der Waals surface area contributed by atoms with E-state index in [2.05, 4.69) is 10.5 Å². The van der Waals surface area contributed by atoms with Gasteiger partial charge in [0.05, 0.1) is 6.26 Å². The van der Waals surface area contributed by atoms with E-state index < -0.39 is 0 Å². The van der Waals surface area contributed by atoms with Crippen molar-refractivity contribution < 1.29 is 13.9 Å². The van der Waals surface area contributed by atoms with E-state index in [1.54, 1.807) is 25.3 Å². The van der Waals surface area contributed by atoms with Gasteiger partial charge in [-0.3, -0.25) is 4.79 Å². The van der Waals surface area contributed by atoms with Crippen LogP contribution in [0.15, 0.2) is 46.1 Å². The van der Waals surface area contributed by atoms with Crippen LogP contribution in [0.4, 0.5) is 0 Å². The van der Waals surface area contributed by atoms with Crippen LogP contribution in [-0.2, 0) is 4.79 Å². The normalized spacial score (nSPS) is 11.3. The molecule has 1 N–H and O–H groups in total. The molecule has 0 saturated heterocycles. The van der Waals surface area contributed by atoms with E-state index in [0.29, 0.717) is 17.2 Å². The number of benzene rings is 1. The molecule has 0 radical (unpaired) electrons. The largest absolute Gasteiger partial charge is 0.484 e. The summed E-state index contributed by atoms with van der Waals surface area (Å²) >= 11 is 0. The fraction of sp³-hybridized carbons (Fsp3) is 0.250. The number of hydrogen-bond acceptors (Lipinski definition) is 4. The molecule has 110 valence electrons. The van der Waals surface area contributed by atoms with Crippen molar-refractivity contribution in [1.82, 2.24) is 5.43 Å². The molecule has 0 aliphatic rings. The molecule has 0 spiro atoms. The average Bonchev–Trinajstić information content (AvgIpc) is 2.95. The summed E-state index contributed by atoms with van der Waals surface area (Å²) in [4.78, 5) is 11.7. The van der Waals surface area contributed by atoms with Gasteiger partial charge in [0.15, 0.2) is 6.61 Å². The average molecular weight is 286 g/mol. The molecule has 0 bridgehead atoms. The Kier molecular flexibility index (Phi) is 4.77. The number of carbonyl (C=O) groups excluding carboxylic acids is 1. The summed E-state index contributed by atoms with van der Waals surface area (Å²) in [5.41, 5.74) is 5.22. The van der Waals surface area contributed by atoms with E-state index in [-0.39, 0.29) is 12.5 Å². The first-order valence-corrected chi connectivity index (χ1v) is 6.62. The fourth-order valence-corrected chi connectivity index (χ4v) is 1.88. The third kappa shape index (κ3) is 4.49.